The molecule has 0 amide bonds. The van der Waals surface area contributed by atoms with E-state index in [9.17, 15) is 0 Å². The van der Waals surface area contributed by atoms with Crippen molar-refractivity contribution in [2.24, 2.45) is 0 Å². The summed E-state index contributed by atoms with van der Waals surface area (Å²) < 4.78 is 0.163. The van der Waals surface area contributed by atoms with Crippen LogP contribution in [0.15, 0.2) is 17.3 Å². The van der Waals surface area contributed by atoms with Crippen LogP contribution in [0.4, 0.5) is 5.69 Å². The van der Waals surface area contributed by atoms with Gasteiger partial charge in [-0.2, -0.15) is 0 Å². The molecule has 1 aliphatic rings. The molecule has 4 nitrogen and oxygen atoms in total. The summed E-state index contributed by atoms with van der Waals surface area (Å²) >= 11 is 1.79. The molecule has 3 rings (SSSR count). The van der Waals surface area contributed by atoms with Crippen molar-refractivity contribution in [2.75, 3.05) is 31.1 Å². The van der Waals surface area contributed by atoms with E-state index in [1.54, 1.807) is 11.8 Å². The Balaban J connectivity index is 1.90. The topological polar surface area (TPSA) is 35.2 Å². The van der Waals surface area contributed by atoms with Crippen molar-refractivity contribution in [1.29, 1.82) is 0 Å². The molecule has 0 saturated carbocycles. The Kier molecular flexibility index (Phi) is 4.85. The summed E-state index contributed by atoms with van der Waals surface area (Å²) in [4.78, 5) is 13.4. The van der Waals surface area contributed by atoms with Gasteiger partial charge < -0.3 is 9.88 Å². The smallest absolute Gasteiger partial charge is 0.166 e. The number of likely N-dealkylation sites (N-methyl/N-ethyl adjacent to an activating group) is 1. The average Bonchev–Trinajstić information content (AvgIpc) is 2.85. The lowest BCUT2D eigenvalue weighted by atomic mass is 10.1. The normalized spacial score (nSPS) is 20.1. The van der Waals surface area contributed by atoms with Crippen LogP contribution in [0.5, 0.6) is 0 Å². The molecule has 1 aliphatic heterocycles. The number of H-pyrrole nitrogens is 1. The first-order valence-electron chi connectivity index (χ1n) is 8.95. The molecule has 0 bridgehead atoms. The maximum Gasteiger partial charge on any atom is 0.166 e. The predicted molar refractivity (Wildman–Crippen MR) is 105 cm³/mol. The van der Waals surface area contributed by atoms with E-state index in [1.807, 2.05) is 0 Å². The van der Waals surface area contributed by atoms with E-state index in [0.29, 0.717) is 6.04 Å². The fraction of sp³-hybridized carbons (Fsp3) is 0.632. The van der Waals surface area contributed by atoms with E-state index in [-0.39, 0.29) is 4.75 Å². The Morgan fingerprint density at radius 2 is 2.04 bits per heavy atom. The van der Waals surface area contributed by atoms with Crippen LogP contribution < -0.4 is 4.90 Å². The molecule has 5 heteroatoms. The van der Waals surface area contributed by atoms with Crippen LogP contribution in [-0.2, 0) is 0 Å². The molecule has 0 spiro atoms. The zero-order valence-corrected chi connectivity index (χ0v) is 16.6. The molecule has 0 aliphatic carbocycles. The third-order valence-corrected chi connectivity index (χ3v) is 5.65. The van der Waals surface area contributed by atoms with Crippen LogP contribution in [0.2, 0.25) is 0 Å². The minimum atomic E-state index is 0.163. The van der Waals surface area contributed by atoms with Crippen molar-refractivity contribution in [3.8, 4) is 0 Å². The lowest BCUT2D eigenvalue weighted by Gasteiger charge is -2.41. The Hall–Kier alpha value is -1.20. The van der Waals surface area contributed by atoms with E-state index in [0.717, 1.165) is 42.4 Å². The molecule has 1 atom stereocenters. The number of nitrogens with one attached hydrogen (secondary N) is 1. The molecule has 1 N–H and O–H groups in total. The summed E-state index contributed by atoms with van der Waals surface area (Å²) in [7, 11) is 0. The van der Waals surface area contributed by atoms with Gasteiger partial charge in [-0.15, -0.1) is 0 Å². The van der Waals surface area contributed by atoms with Crippen LogP contribution in [0.25, 0.3) is 11.0 Å². The summed E-state index contributed by atoms with van der Waals surface area (Å²) in [5.74, 6) is 0. The van der Waals surface area contributed by atoms with E-state index in [4.69, 9.17) is 4.98 Å². The van der Waals surface area contributed by atoms with Crippen molar-refractivity contribution >= 4 is 28.5 Å². The quantitative estimate of drug-likeness (QED) is 0.841. The van der Waals surface area contributed by atoms with E-state index < -0.39 is 0 Å². The summed E-state index contributed by atoms with van der Waals surface area (Å²) in [6, 6.07) is 5.06. The number of anilines is 1. The van der Waals surface area contributed by atoms with Gasteiger partial charge in [0.25, 0.3) is 0 Å². The largest absolute Gasteiger partial charge is 0.366 e. The second kappa shape index (κ2) is 6.60. The van der Waals surface area contributed by atoms with Gasteiger partial charge >= 0.3 is 0 Å². The maximum absolute atomic E-state index is 4.82. The number of aryl methyl sites for hydroxylation is 1. The van der Waals surface area contributed by atoms with Gasteiger partial charge in [0.15, 0.2) is 5.16 Å². The molecule has 1 fully saturated rings. The van der Waals surface area contributed by atoms with Crippen molar-refractivity contribution in [3.05, 3.63) is 17.7 Å². The Labute approximate surface area is 150 Å². The molecule has 24 heavy (non-hydrogen) atoms. The summed E-state index contributed by atoms with van der Waals surface area (Å²) in [6.45, 7) is 18.0. The third kappa shape index (κ3) is 3.72. The number of aromatic amines is 1. The number of aromatic nitrogens is 2. The van der Waals surface area contributed by atoms with Crippen molar-refractivity contribution in [1.82, 2.24) is 14.9 Å². The molecular weight excluding hydrogens is 316 g/mol. The SMILES string of the molecule is CCN1CCN(c2cc3nc(SC(C)(C)C)[nH]c3cc2C)C(C)C1. The average molecular weight is 347 g/mol. The fourth-order valence-corrected chi connectivity index (χ4v) is 4.34. The number of nitrogens with zero attached hydrogens (tertiary/aromatic N) is 3. The number of imidazole rings is 1. The minimum Gasteiger partial charge on any atom is -0.366 e. The number of rotatable bonds is 3. The van der Waals surface area contributed by atoms with Crippen molar-refractivity contribution < 1.29 is 0 Å². The summed E-state index contributed by atoms with van der Waals surface area (Å²) in [5, 5.41) is 1.01. The van der Waals surface area contributed by atoms with Gasteiger partial charge in [0.05, 0.1) is 11.0 Å². The Morgan fingerprint density at radius 3 is 2.67 bits per heavy atom. The predicted octanol–water partition coefficient (Wildman–Crippen LogP) is 4.29. The van der Waals surface area contributed by atoms with Crippen LogP contribution in [0.3, 0.4) is 0 Å². The lowest BCUT2D eigenvalue weighted by molar-refractivity contribution is 0.240. The first-order valence-corrected chi connectivity index (χ1v) is 9.77. The Morgan fingerprint density at radius 1 is 1.29 bits per heavy atom. The first kappa shape index (κ1) is 17.6. The summed E-state index contributed by atoms with van der Waals surface area (Å²) in [5.41, 5.74) is 4.88. The maximum atomic E-state index is 4.82. The fourth-order valence-electron chi connectivity index (χ4n) is 3.46. The molecule has 1 aromatic carbocycles. The van der Waals surface area contributed by atoms with Crippen LogP contribution >= 0.6 is 11.8 Å². The number of fused-ring (bicyclic) bond motifs is 1. The molecule has 2 aromatic rings. The standard InChI is InChI=1S/C19H30N4S/c1-7-22-8-9-23(14(3)12-22)17-11-16-15(10-13(17)2)20-18(21-16)24-19(4,5)6/h10-11,14H,7-9,12H2,1-6H3,(H,20,21). The Bertz CT molecular complexity index is 716. The van der Waals surface area contributed by atoms with Gasteiger partial charge in [0.1, 0.15) is 0 Å². The number of hydrogen-bond acceptors (Lipinski definition) is 4. The zero-order chi connectivity index (χ0) is 17.5. The molecular formula is C19H30N4S. The molecule has 132 valence electrons. The number of piperazine rings is 1. The second-order valence-corrected chi connectivity index (χ2v) is 9.66. The van der Waals surface area contributed by atoms with Crippen molar-refractivity contribution in [2.45, 2.75) is 57.5 Å². The van der Waals surface area contributed by atoms with E-state index >= 15 is 0 Å². The van der Waals surface area contributed by atoms with Gasteiger partial charge in [0.2, 0.25) is 0 Å². The van der Waals surface area contributed by atoms with Gasteiger partial charge in [0, 0.05) is 36.1 Å². The highest BCUT2D eigenvalue weighted by Crippen LogP contribution is 2.33. The minimum absolute atomic E-state index is 0.163. The number of hydrogen-bond donors (Lipinski definition) is 1. The molecule has 1 unspecified atom stereocenters. The van der Waals surface area contributed by atoms with Crippen LogP contribution in [-0.4, -0.2) is 51.8 Å². The first-order chi connectivity index (χ1) is 11.3. The van der Waals surface area contributed by atoms with Gasteiger partial charge in [-0.25, -0.2) is 4.98 Å². The monoisotopic (exact) mass is 346 g/mol. The molecule has 1 saturated heterocycles. The van der Waals surface area contributed by atoms with Gasteiger partial charge in [-0.3, -0.25) is 4.90 Å². The van der Waals surface area contributed by atoms with Crippen molar-refractivity contribution in [3.63, 3.8) is 0 Å². The van der Waals surface area contributed by atoms with Crippen LogP contribution in [0.1, 0.15) is 40.2 Å². The van der Waals surface area contributed by atoms with E-state index in [1.165, 1.54) is 11.3 Å². The molecule has 1 aromatic heterocycles. The van der Waals surface area contributed by atoms with E-state index in [2.05, 4.69) is 68.5 Å². The number of thioether (sulfide) groups is 1. The number of benzene rings is 1. The highest BCUT2D eigenvalue weighted by atomic mass is 32.2. The molecule has 0 radical (unpaired) electrons. The zero-order valence-electron chi connectivity index (χ0n) is 15.8. The highest BCUT2D eigenvalue weighted by Gasteiger charge is 2.24. The highest BCUT2D eigenvalue weighted by molar-refractivity contribution is 8.00. The lowest BCUT2D eigenvalue weighted by Crippen LogP contribution is -2.52. The van der Waals surface area contributed by atoms with Gasteiger partial charge in [-0.1, -0.05) is 39.5 Å². The summed E-state index contributed by atoms with van der Waals surface area (Å²) in [6.07, 6.45) is 0. The van der Waals surface area contributed by atoms with Gasteiger partial charge in [-0.05, 0) is 38.1 Å². The third-order valence-electron chi connectivity index (χ3n) is 4.65. The molecule has 2 heterocycles. The second-order valence-electron chi connectivity index (χ2n) is 7.85. The van der Waals surface area contributed by atoms with Crippen LogP contribution in [0, 0.1) is 6.92 Å².